The molecule has 0 unspecified atom stereocenters. The Morgan fingerprint density at radius 1 is 1.21 bits per heavy atom. The maximum absolute atomic E-state index is 13.4. The molecule has 2 amide bonds. The molecule has 154 valence electrons. The highest BCUT2D eigenvalue weighted by molar-refractivity contribution is 5.94. The summed E-state index contributed by atoms with van der Waals surface area (Å²) in [6, 6.07) is 6.27. The Balaban J connectivity index is 1.49. The number of hydrogen-bond donors (Lipinski definition) is 1. The van der Waals surface area contributed by atoms with Crippen LogP contribution in [0.15, 0.2) is 24.3 Å². The monoisotopic (exact) mass is 391 g/mol. The van der Waals surface area contributed by atoms with Crippen molar-refractivity contribution in [2.24, 2.45) is 5.92 Å². The van der Waals surface area contributed by atoms with Gasteiger partial charge in [-0.1, -0.05) is 6.07 Å². The Bertz CT molecular complexity index is 677. The minimum atomic E-state index is -0.385. The molecule has 1 aromatic carbocycles. The summed E-state index contributed by atoms with van der Waals surface area (Å²) in [4.78, 5) is 29.2. The van der Waals surface area contributed by atoms with E-state index < -0.39 is 0 Å². The Morgan fingerprint density at radius 2 is 2.00 bits per heavy atom. The van der Waals surface area contributed by atoms with Crippen LogP contribution in [0.4, 0.5) is 4.39 Å². The quantitative estimate of drug-likeness (QED) is 0.753. The lowest BCUT2D eigenvalue weighted by atomic mass is 9.93. The molecule has 6 nitrogen and oxygen atoms in total. The van der Waals surface area contributed by atoms with E-state index in [9.17, 15) is 14.0 Å². The topological polar surface area (TPSA) is 61.9 Å². The van der Waals surface area contributed by atoms with Crippen molar-refractivity contribution in [1.82, 2.24) is 15.1 Å². The number of amides is 2. The number of methoxy groups -OCH3 is 1. The van der Waals surface area contributed by atoms with Crippen molar-refractivity contribution in [3.8, 4) is 0 Å². The van der Waals surface area contributed by atoms with E-state index in [2.05, 4.69) is 10.2 Å². The van der Waals surface area contributed by atoms with E-state index in [1.54, 1.807) is 19.2 Å². The number of nitrogens with zero attached hydrogens (tertiary/aromatic N) is 2. The number of halogens is 1. The zero-order valence-electron chi connectivity index (χ0n) is 16.5. The standard InChI is InChI=1S/C21H30FN3O3/c1-28-13-9-23-20(26)17-5-3-10-25(15-17)19-7-11-24(12-8-19)21(27)16-4-2-6-18(22)14-16/h2,4,6,14,17,19H,3,5,7-13,15H2,1H3,(H,23,26)/t17-/m1/s1. The first kappa shape index (κ1) is 20.7. The van der Waals surface area contributed by atoms with Crippen LogP contribution >= 0.6 is 0 Å². The highest BCUT2D eigenvalue weighted by Crippen LogP contribution is 2.24. The van der Waals surface area contributed by atoms with E-state index in [4.69, 9.17) is 4.74 Å². The molecule has 2 saturated heterocycles. The molecule has 0 spiro atoms. The Kier molecular flexibility index (Phi) is 7.39. The lowest BCUT2D eigenvalue weighted by Gasteiger charge is -2.42. The van der Waals surface area contributed by atoms with Gasteiger partial charge in [-0.05, 0) is 50.4 Å². The van der Waals surface area contributed by atoms with Gasteiger partial charge in [0, 0.05) is 44.9 Å². The summed E-state index contributed by atoms with van der Waals surface area (Å²) in [7, 11) is 1.62. The Morgan fingerprint density at radius 3 is 2.71 bits per heavy atom. The molecule has 28 heavy (non-hydrogen) atoms. The third kappa shape index (κ3) is 5.29. The maximum Gasteiger partial charge on any atom is 0.253 e. The molecular formula is C21H30FN3O3. The highest BCUT2D eigenvalue weighted by Gasteiger charge is 2.32. The first-order valence-corrected chi connectivity index (χ1v) is 10.1. The molecule has 3 rings (SSSR count). The van der Waals surface area contributed by atoms with Crippen LogP contribution in [0.25, 0.3) is 0 Å². The van der Waals surface area contributed by atoms with Crippen LogP contribution in [0.5, 0.6) is 0 Å². The molecule has 1 aromatic rings. The molecule has 2 fully saturated rings. The number of carbonyl (C=O) groups is 2. The number of rotatable bonds is 6. The van der Waals surface area contributed by atoms with E-state index in [1.807, 2.05) is 4.90 Å². The zero-order chi connectivity index (χ0) is 19.9. The summed E-state index contributed by atoms with van der Waals surface area (Å²) in [5.74, 6) is -0.353. The summed E-state index contributed by atoms with van der Waals surface area (Å²) < 4.78 is 18.4. The van der Waals surface area contributed by atoms with E-state index in [0.29, 0.717) is 37.8 Å². The molecule has 7 heteroatoms. The molecule has 0 bridgehead atoms. The minimum absolute atomic E-state index is 0.0255. The second kappa shape index (κ2) is 9.98. The third-order valence-electron chi connectivity index (χ3n) is 5.77. The molecule has 1 N–H and O–H groups in total. The maximum atomic E-state index is 13.4. The summed E-state index contributed by atoms with van der Waals surface area (Å²) in [6.07, 6.45) is 3.72. The third-order valence-corrected chi connectivity index (χ3v) is 5.77. The Hall–Kier alpha value is -1.99. The van der Waals surface area contributed by atoms with Gasteiger partial charge < -0.3 is 15.0 Å². The fourth-order valence-electron chi connectivity index (χ4n) is 4.21. The van der Waals surface area contributed by atoms with Crippen LogP contribution in [-0.2, 0) is 9.53 Å². The van der Waals surface area contributed by atoms with Gasteiger partial charge in [-0.15, -0.1) is 0 Å². The van der Waals surface area contributed by atoms with Crippen molar-refractivity contribution in [2.45, 2.75) is 31.7 Å². The molecule has 2 aliphatic heterocycles. The van der Waals surface area contributed by atoms with Crippen LogP contribution in [0.2, 0.25) is 0 Å². The Labute approximate surface area is 166 Å². The van der Waals surface area contributed by atoms with Crippen molar-refractivity contribution in [3.63, 3.8) is 0 Å². The molecular weight excluding hydrogens is 361 g/mol. The number of likely N-dealkylation sites (tertiary alicyclic amines) is 2. The summed E-state index contributed by atoms with van der Waals surface area (Å²) >= 11 is 0. The van der Waals surface area contributed by atoms with Crippen molar-refractivity contribution in [2.75, 3.05) is 46.4 Å². The number of nitrogens with one attached hydrogen (secondary N) is 1. The lowest BCUT2D eigenvalue weighted by molar-refractivity contribution is -0.127. The van der Waals surface area contributed by atoms with Crippen LogP contribution in [0, 0.1) is 11.7 Å². The van der Waals surface area contributed by atoms with Crippen LogP contribution in [0.3, 0.4) is 0 Å². The van der Waals surface area contributed by atoms with E-state index in [1.165, 1.54) is 12.1 Å². The normalized spacial score (nSPS) is 21.5. The number of ether oxygens (including phenoxy) is 1. The van der Waals surface area contributed by atoms with Gasteiger partial charge in [0.15, 0.2) is 0 Å². The largest absolute Gasteiger partial charge is 0.383 e. The number of carbonyl (C=O) groups excluding carboxylic acids is 2. The first-order valence-electron chi connectivity index (χ1n) is 10.1. The number of benzene rings is 1. The second-order valence-corrected chi connectivity index (χ2v) is 7.65. The fourth-order valence-corrected chi connectivity index (χ4v) is 4.21. The van der Waals surface area contributed by atoms with Gasteiger partial charge >= 0.3 is 0 Å². The van der Waals surface area contributed by atoms with E-state index in [-0.39, 0.29) is 23.5 Å². The summed E-state index contributed by atoms with van der Waals surface area (Å²) in [6.45, 7) is 4.19. The fraction of sp³-hybridized carbons (Fsp3) is 0.619. The van der Waals surface area contributed by atoms with Gasteiger partial charge in [0.1, 0.15) is 5.82 Å². The molecule has 0 aliphatic carbocycles. The molecule has 1 atom stereocenters. The number of piperidine rings is 2. The molecule has 2 aliphatic rings. The molecule has 0 radical (unpaired) electrons. The van der Waals surface area contributed by atoms with Crippen LogP contribution in [0.1, 0.15) is 36.0 Å². The second-order valence-electron chi connectivity index (χ2n) is 7.65. The van der Waals surface area contributed by atoms with Gasteiger partial charge in [0.05, 0.1) is 12.5 Å². The highest BCUT2D eigenvalue weighted by atomic mass is 19.1. The average Bonchev–Trinajstić information content (AvgIpc) is 2.73. The molecule has 0 aromatic heterocycles. The first-order chi connectivity index (χ1) is 13.6. The molecule has 2 heterocycles. The van der Waals surface area contributed by atoms with Gasteiger partial charge in [0.2, 0.25) is 5.91 Å². The van der Waals surface area contributed by atoms with E-state index >= 15 is 0 Å². The van der Waals surface area contributed by atoms with Crippen molar-refractivity contribution < 1.29 is 18.7 Å². The minimum Gasteiger partial charge on any atom is -0.383 e. The van der Waals surface area contributed by atoms with Crippen LogP contribution in [-0.4, -0.2) is 74.1 Å². The predicted octanol–water partition coefficient (Wildman–Crippen LogP) is 1.90. The predicted molar refractivity (Wildman–Crippen MR) is 105 cm³/mol. The SMILES string of the molecule is COCCNC(=O)[C@@H]1CCCN(C2CCN(C(=O)c3cccc(F)c3)CC2)C1. The van der Waals surface area contributed by atoms with Crippen molar-refractivity contribution in [1.29, 1.82) is 0 Å². The van der Waals surface area contributed by atoms with Crippen molar-refractivity contribution in [3.05, 3.63) is 35.6 Å². The average molecular weight is 391 g/mol. The lowest BCUT2D eigenvalue weighted by Crippen LogP contribution is -2.51. The van der Waals surface area contributed by atoms with Gasteiger partial charge in [-0.25, -0.2) is 4.39 Å². The van der Waals surface area contributed by atoms with Crippen molar-refractivity contribution >= 4 is 11.8 Å². The van der Waals surface area contributed by atoms with Gasteiger partial charge in [0.25, 0.3) is 5.91 Å². The molecule has 0 saturated carbocycles. The van der Waals surface area contributed by atoms with Crippen LogP contribution < -0.4 is 5.32 Å². The summed E-state index contributed by atoms with van der Waals surface area (Å²) in [5.41, 5.74) is 0.407. The smallest absolute Gasteiger partial charge is 0.253 e. The number of hydrogen-bond acceptors (Lipinski definition) is 4. The van der Waals surface area contributed by atoms with Gasteiger partial charge in [-0.3, -0.25) is 14.5 Å². The van der Waals surface area contributed by atoms with E-state index in [0.717, 1.165) is 38.8 Å². The summed E-state index contributed by atoms with van der Waals surface area (Å²) in [5, 5.41) is 2.95. The zero-order valence-corrected chi connectivity index (χ0v) is 16.5. The van der Waals surface area contributed by atoms with Gasteiger partial charge in [-0.2, -0.15) is 0 Å².